The highest BCUT2D eigenvalue weighted by Gasteiger charge is 2.23. The summed E-state index contributed by atoms with van der Waals surface area (Å²) in [6.07, 6.45) is 0.00183. The minimum atomic E-state index is -2.77. The molecule has 0 aliphatic carbocycles. The number of hydrogen-bond donors (Lipinski definition) is 1. The van der Waals surface area contributed by atoms with Crippen LogP contribution in [-0.4, -0.2) is 28.7 Å². The summed E-state index contributed by atoms with van der Waals surface area (Å²) in [7, 11) is 0. The number of anilines is 1. The van der Waals surface area contributed by atoms with E-state index in [0.29, 0.717) is 0 Å². The Bertz CT molecular complexity index is 823. The van der Waals surface area contributed by atoms with Crippen molar-refractivity contribution in [2.75, 3.05) is 5.32 Å². The second kappa shape index (κ2) is 8.91. The minimum absolute atomic E-state index is 0.0280. The van der Waals surface area contributed by atoms with Crippen LogP contribution >= 0.6 is 23.4 Å². The molecule has 0 aliphatic heterocycles. The second-order valence-electron chi connectivity index (χ2n) is 4.90. The normalized spacial score (nSPS) is 11.9. The van der Waals surface area contributed by atoms with Gasteiger partial charge >= 0.3 is 5.97 Å². The summed E-state index contributed by atoms with van der Waals surface area (Å²) in [6.45, 7) is 1.29. The molecular formula is C16H12ClF3N2O3S. The highest BCUT2D eigenvalue weighted by molar-refractivity contribution is 7.99. The van der Waals surface area contributed by atoms with E-state index >= 15 is 0 Å². The van der Waals surface area contributed by atoms with Crippen molar-refractivity contribution in [1.82, 2.24) is 4.98 Å². The van der Waals surface area contributed by atoms with Gasteiger partial charge in [-0.1, -0.05) is 11.6 Å². The average molecular weight is 405 g/mol. The number of ether oxygens (including phenoxy) is 1. The Morgan fingerprint density at radius 1 is 1.31 bits per heavy atom. The number of carbonyl (C=O) groups excluding carboxylic acids is 2. The maximum absolute atomic E-state index is 13.0. The van der Waals surface area contributed by atoms with Gasteiger partial charge in [0.1, 0.15) is 10.8 Å². The van der Waals surface area contributed by atoms with Crippen LogP contribution in [-0.2, 0) is 9.53 Å². The minimum Gasteiger partial charge on any atom is -0.449 e. The molecule has 1 amide bonds. The van der Waals surface area contributed by atoms with E-state index in [1.807, 2.05) is 0 Å². The Labute approximate surface area is 155 Å². The van der Waals surface area contributed by atoms with Crippen LogP contribution in [0.25, 0.3) is 0 Å². The molecule has 0 saturated heterocycles. The molecule has 138 valence electrons. The van der Waals surface area contributed by atoms with Gasteiger partial charge in [-0.3, -0.25) is 4.79 Å². The first kappa shape index (κ1) is 20.1. The molecule has 0 fully saturated rings. The van der Waals surface area contributed by atoms with E-state index in [-0.39, 0.29) is 33.1 Å². The van der Waals surface area contributed by atoms with E-state index in [2.05, 4.69) is 10.3 Å². The largest absolute Gasteiger partial charge is 0.449 e. The molecule has 26 heavy (non-hydrogen) atoms. The maximum atomic E-state index is 13.0. The number of alkyl halides is 2. The topological polar surface area (TPSA) is 68.3 Å². The first-order valence-corrected chi connectivity index (χ1v) is 8.40. The molecule has 0 unspecified atom stereocenters. The average Bonchev–Trinajstić information content (AvgIpc) is 2.57. The van der Waals surface area contributed by atoms with E-state index in [4.69, 9.17) is 16.3 Å². The third-order valence-corrected chi connectivity index (χ3v) is 4.07. The number of pyridine rings is 1. The first-order chi connectivity index (χ1) is 12.3. The number of nitrogens with one attached hydrogen (secondary N) is 1. The van der Waals surface area contributed by atoms with Gasteiger partial charge in [0.25, 0.3) is 11.7 Å². The maximum Gasteiger partial charge on any atom is 0.341 e. The summed E-state index contributed by atoms with van der Waals surface area (Å²) in [5, 5.41) is 2.15. The number of benzene rings is 1. The second-order valence-corrected chi connectivity index (χ2v) is 6.28. The first-order valence-electron chi connectivity index (χ1n) is 7.14. The predicted molar refractivity (Wildman–Crippen MR) is 91.0 cm³/mol. The van der Waals surface area contributed by atoms with Crippen LogP contribution in [0, 0.1) is 5.82 Å². The lowest BCUT2D eigenvalue weighted by atomic mass is 10.2. The highest BCUT2D eigenvalue weighted by Crippen LogP contribution is 2.27. The van der Waals surface area contributed by atoms with Crippen molar-refractivity contribution < 1.29 is 27.5 Å². The molecule has 1 aromatic heterocycles. The van der Waals surface area contributed by atoms with Crippen molar-refractivity contribution in [3.63, 3.8) is 0 Å². The van der Waals surface area contributed by atoms with Gasteiger partial charge in [0.2, 0.25) is 0 Å². The van der Waals surface area contributed by atoms with E-state index < -0.39 is 29.6 Å². The van der Waals surface area contributed by atoms with Gasteiger partial charge in [-0.05, 0) is 49.0 Å². The quantitative estimate of drug-likeness (QED) is 0.572. The smallest absolute Gasteiger partial charge is 0.341 e. The number of aromatic nitrogens is 1. The van der Waals surface area contributed by atoms with E-state index in [1.54, 1.807) is 0 Å². The molecule has 10 heteroatoms. The fraction of sp³-hybridized carbons (Fsp3) is 0.188. The summed E-state index contributed by atoms with van der Waals surface area (Å²) in [4.78, 5) is 28.0. The Hall–Kier alpha value is -2.26. The fourth-order valence-corrected chi connectivity index (χ4v) is 2.61. The molecular weight excluding hydrogens is 393 g/mol. The fourth-order valence-electron chi connectivity index (χ4n) is 1.83. The van der Waals surface area contributed by atoms with Crippen LogP contribution in [0.3, 0.4) is 0 Å². The Morgan fingerprint density at radius 2 is 2.04 bits per heavy atom. The molecule has 5 nitrogen and oxygen atoms in total. The van der Waals surface area contributed by atoms with Crippen molar-refractivity contribution in [1.29, 1.82) is 0 Å². The SMILES string of the molecule is C[C@H](OC(=O)c1cccnc1SC(F)F)C(=O)Nc1ccc(F)cc1Cl. The zero-order chi connectivity index (χ0) is 19.3. The Balaban J connectivity index is 2.06. The molecule has 1 N–H and O–H groups in total. The van der Waals surface area contributed by atoms with Crippen LogP contribution in [0.1, 0.15) is 17.3 Å². The van der Waals surface area contributed by atoms with E-state index in [0.717, 1.165) is 12.1 Å². The number of halogens is 4. The third-order valence-electron chi connectivity index (χ3n) is 3.03. The van der Waals surface area contributed by atoms with Crippen LogP contribution in [0.2, 0.25) is 5.02 Å². The molecule has 1 aromatic carbocycles. The predicted octanol–water partition coefficient (Wildman–Crippen LogP) is 4.37. The summed E-state index contributed by atoms with van der Waals surface area (Å²) < 4.78 is 43.1. The number of nitrogens with zero attached hydrogens (tertiary/aromatic N) is 1. The summed E-state index contributed by atoms with van der Waals surface area (Å²) >= 11 is 5.90. The molecule has 0 spiro atoms. The van der Waals surface area contributed by atoms with E-state index in [1.165, 1.54) is 31.3 Å². The molecule has 0 radical (unpaired) electrons. The molecule has 2 aromatic rings. The zero-order valence-corrected chi connectivity index (χ0v) is 14.8. The molecule has 1 heterocycles. The van der Waals surface area contributed by atoms with Crippen molar-refractivity contribution in [2.24, 2.45) is 0 Å². The van der Waals surface area contributed by atoms with Gasteiger partial charge in [-0.25, -0.2) is 14.2 Å². The molecule has 2 rings (SSSR count). The summed E-state index contributed by atoms with van der Waals surface area (Å²) in [5.74, 6) is -5.04. The lowest BCUT2D eigenvalue weighted by Crippen LogP contribution is -2.30. The molecule has 0 saturated carbocycles. The van der Waals surface area contributed by atoms with Gasteiger partial charge in [0.15, 0.2) is 6.10 Å². The zero-order valence-electron chi connectivity index (χ0n) is 13.2. The number of esters is 1. The van der Waals surface area contributed by atoms with E-state index in [9.17, 15) is 22.8 Å². The molecule has 0 bridgehead atoms. The number of rotatable bonds is 6. The monoisotopic (exact) mass is 404 g/mol. The van der Waals surface area contributed by atoms with Gasteiger partial charge < -0.3 is 10.1 Å². The number of thioether (sulfide) groups is 1. The van der Waals surface area contributed by atoms with Gasteiger partial charge in [0.05, 0.1) is 16.3 Å². The lowest BCUT2D eigenvalue weighted by Gasteiger charge is -2.15. The summed E-state index contributed by atoms with van der Waals surface area (Å²) in [6, 6.07) is 6.01. The number of amides is 1. The third kappa shape index (κ3) is 5.37. The van der Waals surface area contributed by atoms with Crippen molar-refractivity contribution in [2.45, 2.75) is 23.8 Å². The Kier molecular flexibility index (Phi) is 6.87. The molecule has 0 aliphatic rings. The lowest BCUT2D eigenvalue weighted by molar-refractivity contribution is -0.123. The van der Waals surface area contributed by atoms with Crippen LogP contribution in [0.15, 0.2) is 41.6 Å². The Morgan fingerprint density at radius 3 is 2.69 bits per heavy atom. The highest BCUT2D eigenvalue weighted by atomic mass is 35.5. The van der Waals surface area contributed by atoms with Gasteiger partial charge in [-0.15, -0.1) is 0 Å². The standard InChI is InChI=1S/C16H12ClF3N2O3S/c1-8(13(23)22-12-5-4-9(18)7-11(12)17)25-15(24)10-3-2-6-21-14(10)26-16(19)20/h2-8,16H,1H3,(H,22,23)/t8-/m0/s1. The van der Waals surface area contributed by atoms with Crippen LogP contribution in [0.4, 0.5) is 18.9 Å². The number of carbonyl (C=O) groups is 2. The molecule has 1 atom stereocenters. The van der Waals surface area contributed by atoms with Crippen molar-refractivity contribution in [3.05, 3.63) is 52.9 Å². The summed E-state index contributed by atoms with van der Waals surface area (Å²) in [5.41, 5.74) is -0.0476. The van der Waals surface area contributed by atoms with Crippen LogP contribution in [0.5, 0.6) is 0 Å². The van der Waals surface area contributed by atoms with Gasteiger partial charge in [-0.2, -0.15) is 8.78 Å². The van der Waals surface area contributed by atoms with Gasteiger partial charge in [0, 0.05) is 6.20 Å². The van der Waals surface area contributed by atoms with Crippen molar-refractivity contribution >= 4 is 40.9 Å². The van der Waals surface area contributed by atoms with Crippen molar-refractivity contribution in [3.8, 4) is 0 Å². The van der Waals surface area contributed by atoms with Crippen LogP contribution < -0.4 is 5.32 Å². The number of hydrogen-bond acceptors (Lipinski definition) is 5.